The highest BCUT2D eigenvalue weighted by atomic mass is 35.5. The van der Waals surface area contributed by atoms with Crippen molar-refractivity contribution in [2.24, 2.45) is 5.73 Å². The van der Waals surface area contributed by atoms with Gasteiger partial charge in [0.2, 0.25) is 0 Å². The molecule has 11 heavy (non-hydrogen) atoms. The molecule has 0 bridgehead atoms. The van der Waals surface area contributed by atoms with Crippen molar-refractivity contribution >= 4 is 12.4 Å². The standard InChI is InChI=1S/C8H18N2.ClH/c9-6-7-10-8-4-2-1-3-5-8;/h8,10H,1-7,9H2;1H. The van der Waals surface area contributed by atoms with Crippen LogP contribution in [0.2, 0.25) is 0 Å². The van der Waals surface area contributed by atoms with Gasteiger partial charge < -0.3 is 11.1 Å². The van der Waals surface area contributed by atoms with Crippen molar-refractivity contribution in [3.63, 3.8) is 0 Å². The van der Waals surface area contributed by atoms with E-state index in [1.165, 1.54) is 32.1 Å². The summed E-state index contributed by atoms with van der Waals surface area (Å²) in [5.41, 5.74) is 5.38. The largest absolute Gasteiger partial charge is 0.329 e. The number of rotatable bonds is 3. The molecule has 2 nitrogen and oxygen atoms in total. The van der Waals surface area contributed by atoms with Crippen LogP contribution in [0, 0.1) is 0 Å². The van der Waals surface area contributed by atoms with Gasteiger partial charge in [-0.05, 0) is 12.8 Å². The number of halogens is 1. The fraction of sp³-hybridized carbons (Fsp3) is 1.00. The topological polar surface area (TPSA) is 38.0 Å². The second-order valence-corrected chi connectivity index (χ2v) is 3.08. The molecule has 0 radical (unpaired) electrons. The second-order valence-electron chi connectivity index (χ2n) is 3.08. The van der Waals surface area contributed by atoms with Crippen molar-refractivity contribution in [2.45, 2.75) is 38.1 Å². The number of hydrogen-bond acceptors (Lipinski definition) is 2. The zero-order chi connectivity index (χ0) is 7.23. The lowest BCUT2D eigenvalue weighted by Gasteiger charge is -2.22. The van der Waals surface area contributed by atoms with E-state index in [0.717, 1.165) is 19.1 Å². The van der Waals surface area contributed by atoms with E-state index >= 15 is 0 Å². The lowest BCUT2D eigenvalue weighted by atomic mass is 9.96. The molecule has 0 unspecified atom stereocenters. The molecular weight excluding hydrogens is 160 g/mol. The molecule has 0 heterocycles. The maximum atomic E-state index is 5.38. The van der Waals surface area contributed by atoms with Gasteiger partial charge in [0.25, 0.3) is 0 Å². The molecular formula is C8H19ClN2. The van der Waals surface area contributed by atoms with Gasteiger partial charge in [0.05, 0.1) is 0 Å². The first kappa shape index (κ1) is 11.2. The lowest BCUT2D eigenvalue weighted by molar-refractivity contribution is 0.377. The van der Waals surface area contributed by atoms with E-state index < -0.39 is 0 Å². The van der Waals surface area contributed by atoms with Gasteiger partial charge in [-0.1, -0.05) is 19.3 Å². The third-order valence-electron chi connectivity index (χ3n) is 2.18. The fourth-order valence-electron chi connectivity index (χ4n) is 1.59. The Balaban J connectivity index is 0.000001000. The zero-order valence-electron chi connectivity index (χ0n) is 7.01. The van der Waals surface area contributed by atoms with Crippen molar-refractivity contribution in [3.05, 3.63) is 0 Å². The summed E-state index contributed by atoms with van der Waals surface area (Å²) in [7, 11) is 0. The molecule has 0 saturated heterocycles. The van der Waals surface area contributed by atoms with Gasteiger partial charge >= 0.3 is 0 Å². The summed E-state index contributed by atoms with van der Waals surface area (Å²) >= 11 is 0. The molecule has 1 aliphatic rings. The SMILES string of the molecule is Cl.NCCNC1CCCCC1. The molecule has 1 fully saturated rings. The van der Waals surface area contributed by atoms with Crippen LogP contribution in [-0.2, 0) is 0 Å². The van der Waals surface area contributed by atoms with E-state index in [0.29, 0.717) is 0 Å². The van der Waals surface area contributed by atoms with Gasteiger partial charge in [-0.3, -0.25) is 0 Å². The molecule has 0 amide bonds. The van der Waals surface area contributed by atoms with Gasteiger partial charge in [-0.2, -0.15) is 0 Å². The molecule has 0 atom stereocenters. The van der Waals surface area contributed by atoms with Gasteiger partial charge in [0.15, 0.2) is 0 Å². The quantitative estimate of drug-likeness (QED) is 0.684. The maximum absolute atomic E-state index is 5.38. The molecule has 1 aliphatic carbocycles. The summed E-state index contributed by atoms with van der Waals surface area (Å²) < 4.78 is 0. The first-order valence-corrected chi connectivity index (χ1v) is 4.37. The van der Waals surface area contributed by atoms with Crippen LogP contribution in [0.4, 0.5) is 0 Å². The van der Waals surface area contributed by atoms with Crippen molar-refractivity contribution < 1.29 is 0 Å². The molecule has 0 aromatic heterocycles. The molecule has 0 aromatic carbocycles. The average Bonchev–Trinajstić information content (AvgIpc) is 2.03. The zero-order valence-corrected chi connectivity index (χ0v) is 7.83. The smallest absolute Gasteiger partial charge is 0.00770 e. The van der Waals surface area contributed by atoms with Crippen LogP contribution in [0.25, 0.3) is 0 Å². The highest BCUT2D eigenvalue weighted by molar-refractivity contribution is 5.85. The van der Waals surface area contributed by atoms with Gasteiger partial charge in [0, 0.05) is 19.1 Å². The minimum Gasteiger partial charge on any atom is -0.329 e. The Morgan fingerprint density at radius 1 is 1.18 bits per heavy atom. The van der Waals surface area contributed by atoms with Crippen molar-refractivity contribution in [1.29, 1.82) is 0 Å². The number of nitrogens with two attached hydrogens (primary N) is 1. The van der Waals surface area contributed by atoms with Crippen LogP contribution in [0.1, 0.15) is 32.1 Å². The summed E-state index contributed by atoms with van der Waals surface area (Å²) in [5.74, 6) is 0. The van der Waals surface area contributed by atoms with E-state index in [1.807, 2.05) is 0 Å². The van der Waals surface area contributed by atoms with Crippen LogP contribution >= 0.6 is 12.4 Å². The Morgan fingerprint density at radius 2 is 1.82 bits per heavy atom. The summed E-state index contributed by atoms with van der Waals surface area (Å²) in [4.78, 5) is 0. The molecule has 3 heteroatoms. The van der Waals surface area contributed by atoms with E-state index in [-0.39, 0.29) is 12.4 Å². The van der Waals surface area contributed by atoms with Gasteiger partial charge in [0.1, 0.15) is 0 Å². The van der Waals surface area contributed by atoms with Crippen LogP contribution < -0.4 is 11.1 Å². The normalized spacial score (nSPS) is 19.4. The molecule has 0 aliphatic heterocycles. The molecule has 0 spiro atoms. The van der Waals surface area contributed by atoms with Crippen LogP contribution in [0.5, 0.6) is 0 Å². The maximum Gasteiger partial charge on any atom is 0.00770 e. The van der Waals surface area contributed by atoms with Crippen LogP contribution in [0.3, 0.4) is 0 Å². The van der Waals surface area contributed by atoms with Crippen LogP contribution in [-0.4, -0.2) is 19.1 Å². The highest BCUT2D eigenvalue weighted by Crippen LogP contribution is 2.16. The Kier molecular flexibility index (Phi) is 7.02. The molecule has 1 saturated carbocycles. The average molecular weight is 179 g/mol. The predicted octanol–water partition coefficient (Wildman–Crippen LogP) is 1.29. The molecule has 0 aromatic rings. The van der Waals surface area contributed by atoms with Gasteiger partial charge in [-0.25, -0.2) is 0 Å². The first-order chi connectivity index (χ1) is 4.93. The molecule has 68 valence electrons. The molecule has 1 rings (SSSR count). The summed E-state index contributed by atoms with van der Waals surface area (Å²) in [6.45, 7) is 1.77. The Labute approximate surface area is 75.3 Å². The lowest BCUT2D eigenvalue weighted by Crippen LogP contribution is -2.34. The Bertz CT molecular complexity index is 82.2. The van der Waals surface area contributed by atoms with Crippen molar-refractivity contribution in [3.8, 4) is 0 Å². The third kappa shape index (κ3) is 4.62. The number of hydrogen-bond donors (Lipinski definition) is 2. The minimum absolute atomic E-state index is 0. The van der Waals surface area contributed by atoms with E-state index in [1.54, 1.807) is 0 Å². The summed E-state index contributed by atoms with van der Waals surface area (Å²) in [6.07, 6.45) is 6.96. The van der Waals surface area contributed by atoms with Crippen molar-refractivity contribution in [1.82, 2.24) is 5.32 Å². The predicted molar refractivity (Wildman–Crippen MR) is 51.2 cm³/mol. The molecule has 3 N–H and O–H groups in total. The van der Waals surface area contributed by atoms with E-state index in [2.05, 4.69) is 5.32 Å². The monoisotopic (exact) mass is 178 g/mol. The van der Waals surface area contributed by atoms with E-state index in [4.69, 9.17) is 5.73 Å². The Hall–Kier alpha value is 0.210. The summed E-state index contributed by atoms with van der Waals surface area (Å²) in [6, 6.07) is 0.775. The summed E-state index contributed by atoms with van der Waals surface area (Å²) in [5, 5.41) is 3.45. The Morgan fingerprint density at radius 3 is 2.36 bits per heavy atom. The fourth-order valence-corrected chi connectivity index (χ4v) is 1.59. The van der Waals surface area contributed by atoms with Crippen molar-refractivity contribution in [2.75, 3.05) is 13.1 Å². The van der Waals surface area contributed by atoms with Gasteiger partial charge in [-0.15, -0.1) is 12.4 Å². The van der Waals surface area contributed by atoms with E-state index in [9.17, 15) is 0 Å². The first-order valence-electron chi connectivity index (χ1n) is 4.37. The minimum atomic E-state index is 0. The highest BCUT2D eigenvalue weighted by Gasteiger charge is 2.10. The third-order valence-corrected chi connectivity index (χ3v) is 2.18. The number of nitrogens with one attached hydrogen (secondary N) is 1. The second kappa shape index (κ2) is 6.89. The van der Waals surface area contributed by atoms with Crippen LogP contribution in [0.15, 0.2) is 0 Å².